The van der Waals surface area contributed by atoms with E-state index in [9.17, 15) is 4.79 Å². The number of rotatable bonds is 3. The summed E-state index contributed by atoms with van der Waals surface area (Å²) in [5, 5.41) is 0. The van der Waals surface area contributed by atoms with E-state index in [0.29, 0.717) is 0 Å². The van der Waals surface area contributed by atoms with Crippen molar-refractivity contribution in [1.82, 2.24) is 0 Å². The van der Waals surface area contributed by atoms with E-state index in [4.69, 9.17) is 4.74 Å². The lowest BCUT2D eigenvalue weighted by atomic mass is 9.95. The predicted molar refractivity (Wildman–Crippen MR) is 64.0 cm³/mol. The van der Waals surface area contributed by atoms with Crippen LogP contribution in [0.3, 0.4) is 0 Å². The third-order valence-corrected chi connectivity index (χ3v) is 3.42. The number of hydrogen-bond acceptors (Lipinski definition) is 2. The molecule has 0 amide bonds. The molecule has 0 heterocycles. The van der Waals surface area contributed by atoms with Crippen LogP contribution in [0, 0.1) is 12.8 Å². The molecule has 2 nitrogen and oxygen atoms in total. The van der Waals surface area contributed by atoms with E-state index in [2.05, 4.69) is 0 Å². The summed E-state index contributed by atoms with van der Waals surface area (Å²) in [6, 6.07) is 5.75. The summed E-state index contributed by atoms with van der Waals surface area (Å²) in [6.07, 6.45) is 4.49. The van der Waals surface area contributed by atoms with Gasteiger partial charge in [-0.15, -0.1) is 0 Å². The molecule has 0 unspecified atom stereocenters. The van der Waals surface area contributed by atoms with Crippen molar-refractivity contribution in [3.63, 3.8) is 0 Å². The first-order valence-electron chi connectivity index (χ1n) is 5.91. The number of ether oxygens (including phenoxy) is 1. The molecule has 0 atom stereocenters. The fourth-order valence-corrected chi connectivity index (χ4v) is 2.40. The first-order chi connectivity index (χ1) is 7.72. The van der Waals surface area contributed by atoms with E-state index in [1.54, 1.807) is 7.11 Å². The average molecular weight is 218 g/mol. The molecule has 0 bridgehead atoms. The van der Waals surface area contributed by atoms with Gasteiger partial charge in [-0.2, -0.15) is 0 Å². The minimum Gasteiger partial charge on any atom is -0.496 e. The standard InChI is InChI=1S/C14H18O2/c1-10-7-8-12(9-13(10)16-2)14(15)11-5-3-4-6-11/h7-9,11H,3-6H2,1-2H3. The first-order valence-corrected chi connectivity index (χ1v) is 5.91. The predicted octanol–water partition coefficient (Wildman–Crippen LogP) is 3.38. The van der Waals surface area contributed by atoms with Crippen LogP contribution in [0.15, 0.2) is 18.2 Å². The van der Waals surface area contributed by atoms with Crippen LogP contribution in [0.4, 0.5) is 0 Å². The second kappa shape index (κ2) is 4.69. The van der Waals surface area contributed by atoms with Gasteiger partial charge >= 0.3 is 0 Å². The van der Waals surface area contributed by atoms with Crippen LogP contribution >= 0.6 is 0 Å². The van der Waals surface area contributed by atoms with Gasteiger partial charge in [-0.3, -0.25) is 4.79 Å². The molecule has 86 valence electrons. The molecule has 1 fully saturated rings. The van der Waals surface area contributed by atoms with Crippen LogP contribution in [0.1, 0.15) is 41.6 Å². The Morgan fingerprint density at radius 3 is 2.62 bits per heavy atom. The minimum absolute atomic E-state index is 0.243. The number of benzene rings is 1. The third kappa shape index (κ3) is 2.11. The molecule has 0 spiro atoms. The Kier molecular flexibility index (Phi) is 3.28. The van der Waals surface area contributed by atoms with Gasteiger partial charge in [0.1, 0.15) is 5.75 Å². The highest BCUT2D eigenvalue weighted by molar-refractivity contribution is 5.98. The molecule has 0 radical (unpaired) electrons. The second-order valence-electron chi connectivity index (χ2n) is 4.53. The molecule has 2 rings (SSSR count). The summed E-state index contributed by atoms with van der Waals surface area (Å²) >= 11 is 0. The zero-order chi connectivity index (χ0) is 11.5. The number of methoxy groups -OCH3 is 1. The largest absolute Gasteiger partial charge is 0.496 e. The van der Waals surface area contributed by atoms with Gasteiger partial charge in [-0.05, 0) is 31.4 Å². The molecule has 1 aliphatic rings. The normalized spacial score (nSPS) is 16.4. The maximum atomic E-state index is 12.2. The summed E-state index contributed by atoms with van der Waals surface area (Å²) in [5.74, 6) is 1.34. The van der Waals surface area contributed by atoms with E-state index < -0.39 is 0 Å². The molecular formula is C14H18O2. The fourth-order valence-electron chi connectivity index (χ4n) is 2.40. The van der Waals surface area contributed by atoms with Crippen molar-refractivity contribution in [2.75, 3.05) is 7.11 Å². The Morgan fingerprint density at radius 2 is 2.00 bits per heavy atom. The number of aryl methyl sites for hydroxylation is 1. The number of carbonyl (C=O) groups is 1. The number of ketones is 1. The van der Waals surface area contributed by atoms with Crippen LogP contribution in [-0.2, 0) is 0 Å². The zero-order valence-corrected chi connectivity index (χ0v) is 9.95. The van der Waals surface area contributed by atoms with Crippen molar-refractivity contribution in [1.29, 1.82) is 0 Å². The van der Waals surface area contributed by atoms with Crippen molar-refractivity contribution in [2.24, 2.45) is 5.92 Å². The summed E-state index contributed by atoms with van der Waals surface area (Å²) in [7, 11) is 1.64. The van der Waals surface area contributed by atoms with Gasteiger partial charge in [0.25, 0.3) is 0 Å². The van der Waals surface area contributed by atoms with E-state index in [-0.39, 0.29) is 11.7 Å². The maximum absolute atomic E-state index is 12.2. The van der Waals surface area contributed by atoms with Gasteiger partial charge in [0.2, 0.25) is 0 Å². The molecule has 2 heteroatoms. The van der Waals surface area contributed by atoms with E-state index in [1.165, 1.54) is 12.8 Å². The van der Waals surface area contributed by atoms with Crippen LogP contribution < -0.4 is 4.74 Å². The maximum Gasteiger partial charge on any atom is 0.166 e. The van der Waals surface area contributed by atoms with Gasteiger partial charge in [-0.25, -0.2) is 0 Å². The summed E-state index contributed by atoms with van der Waals surface area (Å²) in [4.78, 5) is 12.2. The zero-order valence-electron chi connectivity index (χ0n) is 9.95. The topological polar surface area (TPSA) is 26.3 Å². The molecule has 0 saturated heterocycles. The van der Waals surface area contributed by atoms with E-state index in [0.717, 1.165) is 29.7 Å². The van der Waals surface area contributed by atoms with Crippen molar-refractivity contribution < 1.29 is 9.53 Å². The van der Waals surface area contributed by atoms with Gasteiger partial charge in [0.15, 0.2) is 5.78 Å². The molecule has 1 aromatic carbocycles. The quantitative estimate of drug-likeness (QED) is 0.727. The molecule has 1 aromatic rings. The van der Waals surface area contributed by atoms with Crippen molar-refractivity contribution in [3.8, 4) is 5.75 Å². The molecule has 1 saturated carbocycles. The Hall–Kier alpha value is -1.31. The molecule has 0 aromatic heterocycles. The second-order valence-corrected chi connectivity index (χ2v) is 4.53. The lowest BCUT2D eigenvalue weighted by Crippen LogP contribution is -2.11. The smallest absolute Gasteiger partial charge is 0.166 e. The number of hydrogen-bond donors (Lipinski definition) is 0. The van der Waals surface area contributed by atoms with Crippen LogP contribution in [0.2, 0.25) is 0 Å². The number of carbonyl (C=O) groups excluding carboxylic acids is 1. The lowest BCUT2D eigenvalue weighted by molar-refractivity contribution is 0.0922. The SMILES string of the molecule is COc1cc(C(=O)C2CCCC2)ccc1C. The Bertz CT molecular complexity index is 390. The highest BCUT2D eigenvalue weighted by Crippen LogP contribution is 2.29. The van der Waals surface area contributed by atoms with E-state index >= 15 is 0 Å². The highest BCUT2D eigenvalue weighted by Gasteiger charge is 2.24. The van der Waals surface area contributed by atoms with E-state index in [1.807, 2.05) is 25.1 Å². The number of Topliss-reactive ketones (excluding diaryl/α,β-unsaturated/α-hetero) is 1. The summed E-state index contributed by atoms with van der Waals surface area (Å²) in [5.41, 5.74) is 1.87. The van der Waals surface area contributed by atoms with Crippen molar-refractivity contribution >= 4 is 5.78 Å². The first kappa shape index (κ1) is 11.2. The van der Waals surface area contributed by atoms with Gasteiger partial charge in [-0.1, -0.05) is 25.0 Å². The third-order valence-electron chi connectivity index (χ3n) is 3.42. The Morgan fingerprint density at radius 1 is 1.31 bits per heavy atom. The Labute approximate surface area is 96.6 Å². The van der Waals surface area contributed by atoms with Crippen LogP contribution in [-0.4, -0.2) is 12.9 Å². The average Bonchev–Trinajstić information content (AvgIpc) is 2.82. The highest BCUT2D eigenvalue weighted by atomic mass is 16.5. The molecule has 16 heavy (non-hydrogen) atoms. The van der Waals surface area contributed by atoms with Crippen LogP contribution in [0.25, 0.3) is 0 Å². The summed E-state index contributed by atoms with van der Waals surface area (Å²) < 4.78 is 5.25. The molecule has 0 aliphatic heterocycles. The van der Waals surface area contributed by atoms with Crippen molar-refractivity contribution in [3.05, 3.63) is 29.3 Å². The Balaban J connectivity index is 2.22. The fraction of sp³-hybridized carbons (Fsp3) is 0.500. The minimum atomic E-state index is 0.243. The molecule has 1 aliphatic carbocycles. The molecule has 0 N–H and O–H groups in total. The van der Waals surface area contributed by atoms with Gasteiger partial charge < -0.3 is 4.74 Å². The van der Waals surface area contributed by atoms with Gasteiger partial charge in [0, 0.05) is 11.5 Å². The van der Waals surface area contributed by atoms with Crippen LogP contribution in [0.5, 0.6) is 5.75 Å². The molecular weight excluding hydrogens is 200 g/mol. The van der Waals surface area contributed by atoms with Crippen molar-refractivity contribution in [2.45, 2.75) is 32.6 Å². The lowest BCUT2D eigenvalue weighted by Gasteiger charge is -2.10. The summed E-state index contributed by atoms with van der Waals surface area (Å²) in [6.45, 7) is 1.99. The van der Waals surface area contributed by atoms with Gasteiger partial charge in [0.05, 0.1) is 7.11 Å². The monoisotopic (exact) mass is 218 g/mol.